The van der Waals surface area contributed by atoms with Crippen molar-refractivity contribution in [3.63, 3.8) is 0 Å². The Balaban J connectivity index is 1.88. The number of aryl methyl sites for hydroxylation is 1. The van der Waals surface area contributed by atoms with Gasteiger partial charge >= 0.3 is 0 Å². The molecule has 0 atom stereocenters. The first kappa shape index (κ1) is 12.6. The quantitative estimate of drug-likeness (QED) is 0.803. The number of methoxy groups -OCH3 is 1. The van der Waals surface area contributed by atoms with Crippen LogP contribution < -0.4 is 10.1 Å². The van der Waals surface area contributed by atoms with E-state index in [-0.39, 0.29) is 5.91 Å². The molecule has 0 bridgehead atoms. The van der Waals surface area contributed by atoms with Gasteiger partial charge in [0.1, 0.15) is 11.3 Å². The maximum absolute atomic E-state index is 12.3. The van der Waals surface area contributed by atoms with Gasteiger partial charge in [0.25, 0.3) is 5.91 Å². The Morgan fingerprint density at radius 2 is 2.10 bits per heavy atom. The summed E-state index contributed by atoms with van der Waals surface area (Å²) in [5, 5.41) is 6.95. The highest BCUT2D eigenvalue weighted by Crippen LogP contribution is 2.18. The lowest BCUT2D eigenvalue weighted by Gasteiger charge is -2.05. The summed E-state index contributed by atoms with van der Waals surface area (Å²) < 4.78 is 6.63. The Morgan fingerprint density at radius 1 is 1.35 bits per heavy atom. The van der Waals surface area contributed by atoms with Gasteiger partial charge in [0, 0.05) is 5.69 Å². The molecule has 102 valence electrons. The summed E-state index contributed by atoms with van der Waals surface area (Å²) in [5.41, 5.74) is 3.47. The Labute approximate surface area is 119 Å². The van der Waals surface area contributed by atoms with Crippen LogP contribution >= 0.6 is 11.3 Å². The van der Waals surface area contributed by atoms with Crippen molar-refractivity contribution in [3.05, 3.63) is 41.2 Å². The molecule has 2 aromatic heterocycles. The minimum atomic E-state index is -0.230. The van der Waals surface area contributed by atoms with E-state index in [2.05, 4.69) is 15.4 Å². The van der Waals surface area contributed by atoms with E-state index in [4.69, 9.17) is 4.74 Å². The van der Waals surface area contributed by atoms with Crippen molar-refractivity contribution >= 4 is 27.9 Å². The molecule has 0 aliphatic rings. The van der Waals surface area contributed by atoms with Crippen LogP contribution in [-0.2, 0) is 0 Å². The summed E-state index contributed by atoms with van der Waals surface area (Å²) >= 11 is 1.40. The van der Waals surface area contributed by atoms with Gasteiger partial charge in [-0.3, -0.25) is 4.79 Å². The highest BCUT2D eigenvalue weighted by Gasteiger charge is 2.18. The monoisotopic (exact) mass is 288 g/mol. The van der Waals surface area contributed by atoms with Crippen LogP contribution in [-0.4, -0.2) is 27.6 Å². The summed E-state index contributed by atoms with van der Waals surface area (Å²) in [6.45, 7) is 1.80. The van der Waals surface area contributed by atoms with E-state index in [0.29, 0.717) is 22.0 Å². The summed E-state index contributed by atoms with van der Waals surface area (Å²) in [5.74, 6) is 0.511. The van der Waals surface area contributed by atoms with Crippen LogP contribution in [0.4, 0.5) is 5.69 Å². The number of benzene rings is 1. The number of hydrogen-bond acceptors (Lipinski definition) is 5. The van der Waals surface area contributed by atoms with E-state index in [9.17, 15) is 4.79 Å². The molecule has 0 fully saturated rings. The Bertz CT molecular complexity index is 760. The highest BCUT2D eigenvalue weighted by molar-refractivity contribution is 7.14. The van der Waals surface area contributed by atoms with Crippen molar-refractivity contribution in [2.45, 2.75) is 6.92 Å². The van der Waals surface area contributed by atoms with E-state index in [1.165, 1.54) is 11.3 Å². The van der Waals surface area contributed by atoms with Crippen LogP contribution in [0.15, 0.2) is 29.8 Å². The fourth-order valence-electron chi connectivity index (χ4n) is 1.92. The van der Waals surface area contributed by atoms with Crippen LogP contribution in [0.2, 0.25) is 0 Å². The first-order chi connectivity index (χ1) is 9.69. The first-order valence-corrected chi connectivity index (χ1v) is 6.81. The summed E-state index contributed by atoms with van der Waals surface area (Å²) in [6, 6.07) is 7.14. The third-order valence-corrected chi connectivity index (χ3v) is 3.56. The fourth-order valence-corrected chi connectivity index (χ4v) is 2.58. The van der Waals surface area contributed by atoms with E-state index >= 15 is 0 Å². The van der Waals surface area contributed by atoms with Crippen LogP contribution in [0.25, 0.3) is 4.96 Å². The number of fused-ring (bicyclic) bond motifs is 1. The number of nitrogens with zero attached hydrogens (tertiary/aromatic N) is 3. The predicted molar refractivity (Wildman–Crippen MR) is 76.5 cm³/mol. The van der Waals surface area contributed by atoms with Crippen LogP contribution in [0, 0.1) is 6.92 Å². The minimum Gasteiger partial charge on any atom is -0.497 e. The molecule has 0 radical (unpaired) electrons. The fraction of sp³-hybridized carbons (Fsp3) is 0.154. The Hall–Kier alpha value is -2.41. The molecule has 1 aromatic carbocycles. The maximum atomic E-state index is 12.3. The van der Waals surface area contributed by atoms with Crippen LogP contribution in [0.3, 0.4) is 0 Å². The highest BCUT2D eigenvalue weighted by atomic mass is 32.1. The molecule has 1 amide bonds. The summed E-state index contributed by atoms with van der Waals surface area (Å²) in [7, 11) is 1.60. The van der Waals surface area contributed by atoms with E-state index in [1.807, 2.05) is 0 Å². The number of rotatable bonds is 3. The van der Waals surface area contributed by atoms with Gasteiger partial charge in [-0.2, -0.15) is 9.61 Å². The second-order valence-electron chi connectivity index (χ2n) is 4.16. The zero-order valence-electron chi connectivity index (χ0n) is 11.0. The third-order valence-electron chi connectivity index (χ3n) is 2.88. The number of carbonyl (C=O) groups excluding carboxylic acids is 1. The smallest absolute Gasteiger partial charge is 0.276 e. The van der Waals surface area contributed by atoms with Crippen molar-refractivity contribution in [3.8, 4) is 5.75 Å². The Morgan fingerprint density at radius 3 is 2.80 bits per heavy atom. The number of anilines is 1. The molecule has 0 aliphatic heterocycles. The average Bonchev–Trinajstić information content (AvgIpc) is 2.99. The number of hydrogen-bond donors (Lipinski definition) is 1. The maximum Gasteiger partial charge on any atom is 0.276 e. The van der Waals surface area contributed by atoms with Gasteiger partial charge < -0.3 is 10.1 Å². The Kier molecular flexibility index (Phi) is 3.11. The molecular weight excluding hydrogens is 276 g/mol. The number of amides is 1. The van der Waals surface area contributed by atoms with E-state index in [1.54, 1.807) is 48.3 Å². The topological polar surface area (TPSA) is 68.5 Å². The zero-order valence-corrected chi connectivity index (χ0v) is 11.8. The number of nitrogens with one attached hydrogen (secondary N) is 1. The SMILES string of the molecule is COc1ccc(NC(=O)c2c(C)nc3scnn23)cc1. The second-order valence-corrected chi connectivity index (χ2v) is 4.97. The number of imidazole rings is 1. The lowest BCUT2D eigenvalue weighted by molar-refractivity contribution is 0.102. The van der Waals surface area contributed by atoms with Gasteiger partial charge in [-0.15, -0.1) is 0 Å². The van der Waals surface area contributed by atoms with Gasteiger partial charge in [-0.1, -0.05) is 11.3 Å². The van der Waals surface area contributed by atoms with Crippen LogP contribution in [0.5, 0.6) is 5.75 Å². The number of aromatic nitrogens is 3. The van der Waals surface area contributed by atoms with Gasteiger partial charge in [0.15, 0.2) is 5.69 Å². The van der Waals surface area contributed by atoms with Crippen LogP contribution in [0.1, 0.15) is 16.2 Å². The largest absolute Gasteiger partial charge is 0.497 e. The van der Waals surface area contributed by atoms with Crippen molar-refractivity contribution in [2.24, 2.45) is 0 Å². The van der Waals surface area contributed by atoms with Gasteiger partial charge in [0.05, 0.1) is 12.8 Å². The lowest BCUT2D eigenvalue weighted by atomic mass is 10.2. The number of carbonyl (C=O) groups is 1. The molecule has 6 nitrogen and oxygen atoms in total. The normalized spacial score (nSPS) is 10.7. The molecule has 3 aromatic rings. The van der Waals surface area contributed by atoms with Crippen molar-refractivity contribution < 1.29 is 9.53 Å². The van der Waals surface area contributed by atoms with Crippen molar-refractivity contribution in [2.75, 3.05) is 12.4 Å². The molecule has 0 saturated carbocycles. The standard InChI is InChI=1S/C13H12N4O2S/c1-8-11(17-13(15-8)20-7-14-17)12(18)16-9-3-5-10(19-2)6-4-9/h3-7H,1-2H3,(H,16,18). The third kappa shape index (κ3) is 2.12. The minimum absolute atomic E-state index is 0.230. The predicted octanol–water partition coefficient (Wildman–Crippen LogP) is 2.36. The summed E-state index contributed by atoms with van der Waals surface area (Å²) in [4.78, 5) is 17.3. The molecule has 20 heavy (non-hydrogen) atoms. The zero-order chi connectivity index (χ0) is 14.1. The molecule has 2 heterocycles. The molecule has 0 spiro atoms. The second kappa shape index (κ2) is 4.93. The van der Waals surface area contributed by atoms with Gasteiger partial charge in [-0.05, 0) is 31.2 Å². The molecule has 0 unspecified atom stereocenters. The molecule has 0 aliphatic carbocycles. The van der Waals surface area contributed by atoms with Gasteiger partial charge in [0.2, 0.25) is 4.96 Å². The molecule has 7 heteroatoms. The van der Waals surface area contributed by atoms with Crippen molar-refractivity contribution in [1.82, 2.24) is 14.6 Å². The first-order valence-electron chi connectivity index (χ1n) is 5.93. The average molecular weight is 288 g/mol. The van der Waals surface area contributed by atoms with Crippen molar-refractivity contribution in [1.29, 1.82) is 0 Å². The van der Waals surface area contributed by atoms with E-state index < -0.39 is 0 Å². The molecule has 3 rings (SSSR count). The molecule has 1 N–H and O–H groups in total. The van der Waals surface area contributed by atoms with E-state index in [0.717, 1.165) is 5.75 Å². The summed E-state index contributed by atoms with van der Waals surface area (Å²) in [6.07, 6.45) is 0. The lowest BCUT2D eigenvalue weighted by Crippen LogP contribution is -2.15. The number of ether oxygens (including phenoxy) is 1. The molecule has 0 saturated heterocycles. The molecular formula is C13H12N4O2S. The van der Waals surface area contributed by atoms with Gasteiger partial charge in [-0.25, -0.2) is 4.98 Å².